The molecule has 1 amide bonds. The van der Waals surface area contributed by atoms with Gasteiger partial charge in [-0.1, -0.05) is 0 Å². The molecule has 142 valence electrons. The molecule has 1 aliphatic heterocycles. The predicted molar refractivity (Wildman–Crippen MR) is 104 cm³/mol. The van der Waals surface area contributed by atoms with Crippen molar-refractivity contribution >= 4 is 17.5 Å². The highest BCUT2D eigenvalue weighted by Crippen LogP contribution is 2.34. The molecule has 0 bridgehead atoms. The molecule has 0 spiro atoms. The lowest BCUT2D eigenvalue weighted by Gasteiger charge is -2.17. The van der Waals surface area contributed by atoms with Crippen LogP contribution < -0.4 is 19.7 Å². The van der Waals surface area contributed by atoms with Crippen LogP contribution in [-0.2, 0) is 6.42 Å². The summed E-state index contributed by atoms with van der Waals surface area (Å²) in [6.45, 7) is 0.908. The van der Waals surface area contributed by atoms with Crippen LogP contribution >= 0.6 is 0 Å². The van der Waals surface area contributed by atoms with Crippen molar-refractivity contribution < 1.29 is 14.3 Å². The number of aromatic nitrogens is 3. The first-order valence-electron chi connectivity index (χ1n) is 8.83. The number of hydrogen-bond acceptors (Lipinski definition) is 7. The van der Waals surface area contributed by atoms with Crippen molar-refractivity contribution in [1.82, 2.24) is 15.0 Å². The lowest BCUT2D eigenvalue weighted by atomic mass is 10.2. The molecule has 2 aromatic heterocycles. The average Bonchev–Trinajstić information content (AvgIpc) is 3.21. The van der Waals surface area contributed by atoms with Crippen LogP contribution in [0.3, 0.4) is 0 Å². The van der Waals surface area contributed by atoms with Gasteiger partial charge in [0.15, 0.2) is 11.5 Å². The molecule has 0 saturated heterocycles. The van der Waals surface area contributed by atoms with Gasteiger partial charge in [0.2, 0.25) is 12.7 Å². The second kappa shape index (κ2) is 7.91. The number of pyridine rings is 1. The third kappa shape index (κ3) is 4.01. The van der Waals surface area contributed by atoms with E-state index in [4.69, 9.17) is 9.47 Å². The van der Waals surface area contributed by atoms with Crippen molar-refractivity contribution in [2.75, 3.05) is 30.6 Å². The van der Waals surface area contributed by atoms with Crippen LogP contribution in [0, 0.1) is 0 Å². The maximum atomic E-state index is 12.6. The van der Waals surface area contributed by atoms with E-state index in [9.17, 15) is 4.79 Å². The second-order valence-electron chi connectivity index (χ2n) is 6.29. The van der Waals surface area contributed by atoms with Gasteiger partial charge in [0.1, 0.15) is 5.69 Å². The quantitative estimate of drug-likeness (QED) is 0.706. The molecule has 0 unspecified atom stereocenters. The van der Waals surface area contributed by atoms with Crippen LogP contribution in [0.1, 0.15) is 16.1 Å². The molecule has 0 radical (unpaired) electrons. The minimum atomic E-state index is -0.315. The van der Waals surface area contributed by atoms with Crippen molar-refractivity contribution in [3.63, 3.8) is 0 Å². The predicted octanol–water partition coefficient (Wildman–Crippen LogP) is 2.53. The summed E-state index contributed by atoms with van der Waals surface area (Å²) in [5.41, 5.74) is 2.08. The minimum absolute atomic E-state index is 0.188. The number of rotatable bonds is 6. The summed E-state index contributed by atoms with van der Waals surface area (Å²) in [6.07, 6.45) is 5.95. The Morgan fingerprint density at radius 3 is 2.79 bits per heavy atom. The number of likely N-dealkylation sites (N-methyl/N-ethyl adjacent to an activating group) is 1. The monoisotopic (exact) mass is 377 g/mol. The van der Waals surface area contributed by atoms with E-state index in [1.54, 1.807) is 42.9 Å². The summed E-state index contributed by atoms with van der Waals surface area (Å²) in [4.78, 5) is 27.2. The van der Waals surface area contributed by atoms with E-state index in [1.165, 1.54) is 5.56 Å². The lowest BCUT2D eigenvalue weighted by molar-refractivity contribution is 0.102. The first-order valence-corrected chi connectivity index (χ1v) is 8.83. The fourth-order valence-electron chi connectivity index (χ4n) is 2.77. The second-order valence-corrected chi connectivity index (χ2v) is 6.29. The number of carbonyl (C=O) groups is 1. The molecule has 8 nitrogen and oxygen atoms in total. The highest BCUT2D eigenvalue weighted by atomic mass is 16.7. The SMILES string of the molecule is CN(CCc1ccncc1)c1nccc(C(=O)Nc2ccc3c(c2)OCO3)n1. The van der Waals surface area contributed by atoms with E-state index in [-0.39, 0.29) is 12.7 Å². The largest absolute Gasteiger partial charge is 0.454 e. The third-order valence-electron chi connectivity index (χ3n) is 4.33. The number of benzene rings is 1. The van der Waals surface area contributed by atoms with E-state index in [0.29, 0.717) is 28.8 Å². The van der Waals surface area contributed by atoms with E-state index in [1.807, 2.05) is 24.1 Å². The number of amides is 1. The maximum absolute atomic E-state index is 12.6. The number of nitrogens with one attached hydrogen (secondary N) is 1. The van der Waals surface area contributed by atoms with Crippen LogP contribution in [0.4, 0.5) is 11.6 Å². The van der Waals surface area contributed by atoms with Crippen LogP contribution in [0.25, 0.3) is 0 Å². The van der Waals surface area contributed by atoms with Gasteiger partial charge in [0, 0.05) is 43.9 Å². The smallest absolute Gasteiger partial charge is 0.274 e. The first-order chi connectivity index (χ1) is 13.7. The van der Waals surface area contributed by atoms with Crippen molar-refractivity contribution in [2.24, 2.45) is 0 Å². The Kier molecular flexibility index (Phi) is 5.01. The zero-order valence-electron chi connectivity index (χ0n) is 15.3. The van der Waals surface area contributed by atoms with Gasteiger partial charge >= 0.3 is 0 Å². The van der Waals surface area contributed by atoms with Crippen LogP contribution in [-0.4, -0.2) is 41.2 Å². The van der Waals surface area contributed by atoms with E-state index >= 15 is 0 Å². The minimum Gasteiger partial charge on any atom is -0.454 e. The fraction of sp³-hybridized carbons (Fsp3) is 0.200. The Balaban J connectivity index is 1.41. The summed E-state index contributed by atoms with van der Waals surface area (Å²) in [7, 11) is 1.90. The van der Waals surface area contributed by atoms with Gasteiger partial charge in [-0.25, -0.2) is 9.97 Å². The molecule has 1 N–H and O–H groups in total. The zero-order chi connectivity index (χ0) is 19.3. The van der Waals surface area contributed by atoms with Crippen LogP contribution in [0.2, 0.25) is 0 Å². The van der Waals surface area contributed by atoms with Gasteiger partial charge in [-0.2, -0.15) is 0 Å². The topological polar surface area (TPSA) is 89.5 Å². The van der Waals surface area contributed by atoms with E-state index in [2.05, 4.69) is 20.3 Å². The van der Waals surface area contributed by atoms with Crippen molar-refractivity contribution in [1.29, 1.82) is 0 Å². The van der Waals surface area contributed by atoms with Crippen molar-refractivity contribution in [3.05, 3.63) is 66.2 Å². The zero-order valence-corrected chi connectivity index (χ0v) is 15.3. The molecule has 3 aromatic rings. The van der Waals surface area contributed by atoms with Gasteiger partial charge in [-0.15, -0.1) is 0 Å². The van der Waals surface area contributed by atoms with Gasteiger partial charge < -0.3 is 19.7 Å². The van der Waals surface area contributed by atoms with Gasteiger partial charge in [-0.3, -0.25) is 9.78 Å². The number of carbonyl (C=O) groups excluding carboxylic acids is 1. The molecular formula is C20H19N5O3. The standard InChI is InChI=1S/C20H19N5O3/c1-25(11-7-14-4-8-21-9-5-14)20-22-10-6-16(24-20)19(26)23-15-2-3-17-18(12-15)28-13-27-17/h2-6,8-10,12H,7,11,13H2,1H3,(H,23,26). The Morgan fingerprint density at radius 1 is 1.11 bits per heavy atom. The Bertz CT molecular complexity index is 981. The summed E-state index contributed by atoms with van der Waals surface area (Å²) < 4.78 is 10.6. The van der Waals surface area contributed by atoms with E-state index in [0.717, 1.165) is 13.0 Å². The maximum Gasteiger partial charge on any atom is 0.274 e. The molecule has 1 aromatic carbocycles. The van der Waals surface area contributed by atoms with Gasteiger partial charge in [0.05, 0.1) is 0 Å². The molecule has 4 rings (SSSR count). The average molecular weight is 377 g/mol. The molecule has 28 heavy (non-hydrogen) atoms. The first kappa shape index (κ1) is 17.7. The molecule has 1 aliphatic rings. The number of fused-ring (bicyclic) bond motifs is 1. The highest BCUT2D eigenvalue weighted by Gasteiger charge is 2.16. The number of hydrogen-bond donors (Lipinski definition) is 1. The molecule has 0 atom stereocenters. The van der Waals surface area contributed by atoms with E-state index < -0.39 is 0 Å². The Labute approximate surface area is 162 Å². The normalized spacial score (nSPS) is 11.9. The molecular weight excluding hydrogens is 358 g/mol. The number of anilines is 2. The van der Waals surface area contributed by atoms with Crippen LogP contribution in [0.5, 0.6) is 11.5 Å². The van der Waals surface area contributed by atoms with Crippen molar-refractivity contribution in [2.45, 2.75) is 6.42 Å². The van der Waals surface area contributed by atoms with Gasteiger partial charge in [0.25, 0.3) is 5.91 Å². The van der Waals surface area contributed by atoms with Crippen LogP contribution in [0.15, 0.2) is 55.0 Å². The fourth-order valence-corrected chi connectivity index (χ4v) is 2.77. The molecule has 0 aliphatic carbocycles. The molecule has 0 fully saturated rings. The summed E-state index contributed by atoms with van der Waals surface area (Å²) in [6, 6.07) is 10.8. The summed E-state index contributed by atoms with van der Waals surface area (Å²) >= 11 is 0. The molecule has 3 heterocycles. The molecule has 0 saturated carbocycles. The molecule has 8 heteroatoms. The Hall–Kier alpha value is -3.68. The number of nitrogens with zero attached hydrogens (tertiary/aromatic N) is 4. The summed E-state index contributed by atoms with van der Waals surface area (Å²) in [5.74, 6) is 1.45. The lowest BCUT2D eigenvalue weighted by Crippen LogP contribution is -2.24. The Morgan fingerprint density at radius 2 is 1.93 bits per heavy atom. The van der Waals surface area contributed by atoms with Gasteiger partial charge in [-0.05, 0) is 42.3 Å². The highest BCUT2D eigenvalue weighted by molar-refractivity contribution is 6.03. The third-order valence-corrected chi connectivity index (χ3v) is 4.33. The van der Waals surface area contributed by atoms with Crippen molar-refractivity contribution in [3.8, 4) is 11.5 Å². The number of ether oxygens (including phenoxy) is 2. The summed E-state index contributed by atoms with van der Waals surface area (Å²) in [5, 5.41) is 2.82.